The Hall–Kier alpha value is -2.31. The SMILES string of the molecule is O=C(CCc1nc(-c2ccc(Cl)cc2)no1)NCCSCc1ccccc1. The Balaban J connectivity index is 1.34. The Morgan fingerprint density at radius 2 is 1.89 bits per heavy atom. The van der Waals surface area contributed by atoms with Crippen LogP contribution >= 0.6 is 23.4 Å². The molecule has 2 aromatic carbocycles. The van der Waals surface area contributed by atoms with Crippen LogP contribution in [0.25, 0.3) is 11.4 Å². The third kappa shape index (κ3) is 6.41. The fraction of sp³-hybridized carbons (Fsp3) is 0.250. The lowest BCUT2D eigenvalue weighted by molar-refractivity contribution is -0.121. The molecule has 1 amide bonds. The summed E-state index contributed by atoms with van der Waals surface area (Å²) < 4.78 is 5.21. The molecule has 7 heteroatoms. The average molecular weight is 402 g/mol. The van der Waals surface area contributed by atoms with E-state index in [1.54, 1.807) is 23.9 Å². The first kappa shape index (κ1) is 19.5. The van der Waals surface area contributed by atoms with E-state index in [2.05, 4.69) is 27.6 Å². The maximum atomic E-state index is 11.9. The molecule has 3 rings (SSSR count). The van der Waals surface area contributed by atoms with E-state index in [1.807, 2.05) is 30.3 Å². The highest BCUT2D eigenvalue weighted by Gasteiger charge is 2.10. The Morgan fingerprint density at radius 3 is 2.67 bits per heavy atom. The van der Waals surface area contributed by atoms with Crippen LogP contribution in [0, 0.1) is 0 Å². The molecule has 0 saturated heterocycles. The fourth-order valence-electron chi connectivity index (χ4n) is 2.41. The van der Waals surface area contributed by atoms with Crippen LogP contribution in [0.15, 0.2) is 59.1 Å². The molecule has 5 nitrogen and oxygen atoms in total. The molecule has 1 aromatic heterocycles. The van der Waals surface area contributed by atoms with Crippen molar-refractivity contribution >= 4 is 29.3 Å². The first-order valence-electron chi connectivity index (χ1n) is 8.67. The van der Waals surface area contributed by atoms with Crippen LogP contribution < -0.4 is 5.32 Å². The molecule has 0 aliphatic rings. The molecule has 0 bridgehead atoms. The second-order valence-corrected chi connectivity index (χ2v) is 7.45. The summed E-state index contributed by atoms with van der Waals surface area (Å²) in [4.78, 5) is 16.3. The van der Waals surface area contributed by atoms with E-state index in [4.69, 9.17) is 16.1 Å². The van der Waals surface area contributed by atoms with Crippen molar-refractivity contribution in [3.05, 3.63) is 71.1 Å². The van der Waals surface area contributed by atoms with E-state index in [1.165, 1.54) is 5.56 Å². The minimum atomic E-state index is -0.0124. The number of amides is 1. The summed E-state index contributed by atoms with van der Waals surface area (Å²) in [5.41, 5.74) is 2.12. The first-order chi connectivity index (χ1) is 13.2. The zero-order valence-corrected chi connectivity index (χ0v) is 16.3. The molecule has 0 aliphatic heterocycles. The molecule has 1 N–H and O–H groups in total. The highest BCUT2D eigenvalue weighted by atomic mass is 35.5. The van der Waals surface area contributed by atoms with E-state index in [0.29, 0.717) is 36.1 Å². The normalized spacial score (nSPS) is 10.7. The van der Waals surface area contributed by atoms with Gasteiger partial charge in [-0.1, -0.05) is 47.1 Å². The smallest absolute Gasteiger partial charge is 0.227 e. The predicted molar refractivity (Wildman–Crippen MR) is 109 cm³/mol. The van der Waals surface area contributed by atoms with Gasteiger partial charge >= 0.3 is 0 Å². The van der Waals surface area contributed by atoms with Gasteiger partial charge in [-0.05, 0) is 29.8 Å². The van der Waals surface area contributed by atoms with Crippen molar-refractivity contribution in [3.63, 3.8) is 0 Å². The Kier molecular flexibility index (Phi) is 7.30. The summed E-state index contributed by atoms with van der Waals surface area (Å²) in [6.07, 6.45) is 0.745. The molecule has 3 aromatic rings. The summed E-state index contributed by atoms with van der Waals surface area (Å²) >= 11 is 7.67. The number of benzene rings is 2. The summed E-state index contributed by atoms with van der Waals surface area (Å²) in [5.74, 6) is 2.77. The molecule has 0 radical (unpaired) electrons. The highest BCUT2D eigenvalue weighted by molar-refractivity contribution is 7.98. The van der Waals surface area contributed by atoms with E-state index in [9.17, 15) is 4.79 Å². The minimum Gasteiger partial charge on any atom is -0.355 e. The molecule has 0 atom stereocenters. The molecule has 140 valence electrons. The highest BCUT2D eigenvalue weighted by Crippen LogP contribution is 2.19. The van der Waals surface area contributed by atoms with Crippen LogP contribution in [0.1, 0.15) is 17.9 Å². The molecular weight excluding hydrogens is 382 g/mol. The molecule has 0 unspecified atom stereocenters. The minimum absolute atomic E-state index is 0.0124. The van der Waals surface area contributed by atoms with Crippen molar-refractivity contribution in [2.45, 2.75) is 18.6 Å². The quantitative estimate of drug-likeness (QED) is 0.539. The van der Waals surface area contributed by atoms with Crippen LogP contribution in [0.2, 0.25) is 5.02 Å². The van der Waals surface area contributed by atoms with Crippen molar-refractivity contribution in [1.82, 2.24) is 15.5 Å². The maximum absolute atomic E-state index is 11.9. The second kappa shape index (κ2) is 10.1. The number of carbonyl (C=O) groups excluding carboxylic acids is 1. The lowest BCUT2D eigenvalue weighted by Crippen LogP contribution is -2.25. The van der Waals surface area contributed by atoms with Gasteiger partial charge in [0.1, 0.15) is 0 Å². The van der Waals surface area contributed by atoms with Gasteiger partial charge in [-0.15, -0.1) is 0 Å². The number of aromatic nitrogens is 2. The Labute approximate surface area is 167 Å². The Bertz CT molecular complexity index is 853. The van der Waals surface area contributed by atoms with Crippen LogP contribution in [0.5, 0.6) is 0 Å². The summed E-state index contributed by atoms with van der Waals surface area (Å²) in [7, 11) is 0. The number of hydrogen-bond donors (Lipinski definition) is 1. The van der Waals surface area contributed by atoms with Gasteiger partial charge in [0.25, 0.3) is 0 Å². The summed E-state index contributed by atoms with van der Waals surface area (Å²) in [6.45, 7) is 0.649. The monoisotopic (exact) mass is 401 g/mol. The number of nitrogens with one attached hydrogen (secondary N) is 1. The average Bonchev–Trinajstić information content (AvgIpc) is 3.16. The van der Waals surface area contributed by atoms with Gasteiger partial charge in [-0.2, -0.15) is 16.7 Å². The van der Waals surface area contributed by atoms with Crippen molar-refractivity contribution in [2.75, 3.05) is 12.3 Å². The van der Waals surface area contributed by atoms with E-state index in [-0.39, 0.29) is 5.91 Å². The van der Waals surface area contributed by atoms with Crippen LogP contribution in [0.3, 0.4) is 0 Å². The summed E-state index contributed by atoms with van der Waals surface area (Å²) in [5, 5.41) is 7.52. The Morgan fingerprint density at radius 1 is 1.11 bits per heavy atom. The van der Waals surface area contributed by atoms with Gasteiger partial charge < -0.3 is 9.84 Å². The number of nitrogens with zero attached hydrogens (tertiary/aromatic N) is 2. The van der Waals surface area contributed by atoms with Crippen LogP contribution in [-0.4, -0.2) is 28.3 Å². The number of aryl methyl sites for hydroxylation is 1. The van der Waals surface area contributed by atoms with Crippen LogP contribution in [-0.2, 0) is 17.0 Å². The fourth-order valence-corrected chi connectivity index (χ4v) is 3.35. The molecule has 1 heterocycles. The van der Waals surface area contributed by atoms with Gasteiger partial charge in [-0.3, -0.25) is 4.79 Å². The zero-order valence-electron chi connectivity index (χ0n) is 14.7. The van der Waals surface area contributed by atoms with Gasteiger partial charge in [-0.25, -0.2) is 0 Å². The molecule has 0 fully saturated rings. The molecule has 0 aliphatic carbocycles. The van der Waals surface area contributed by atoms with Gasteiger partial charge in [0.05, 0.1) is 0 Å². The summed E-state index contributed by atoms with van der Waals surface area (Å²) in [6, 6.07) is 17.5. The standard InChI is InChI=1S/C20H20ClN3O2S/c21-17-8-6-16(7-9-17)20-23-19(26-24-20)11-10-18(25)22-12-13-27-14-15-4-2-1-3-5-15/h1-9H,10-14H2,(H,22,25). The first-order valence-corrected chi connectivity index (χ1v) is 10.2. The second-order valence-electron chi connectivity index (χ2n) is 5.91. The third-order valence-electron chi connectivity index (χ3n) is 3.82. The number of rotatable bonds is 9. The van der Waals surface area contributed by atoms with Gasteiger partial charge in [0.2, 0.25) is 17.6 Å². The molecule has 0 spiro atoms. The number of hydrogen-bond acceptors (Lipinski definition) is 5. The van der Waals surface area contributed by atoms with Gasteiger partial charge in [0, 0.05) is 41.5 Å². The van der Waals surface area contributed by atoms with Crippen molar-refractivity contribution in [2.24, 2.45) is 0 Å². The number of thioether (sulfide) groups is 1. The van der Waals surface area contributed by atoms with Crippen molar-refractivity contribution in [1.29, 1.82) is 0 Å². The predicted octanol–water partition coefficient (Wildman–Crippen LogP) is 4.37. The maximum Gasteiger partial charge on any atom is 0.227 e. The number of carbonyl (C=O) groups is 1. The van der Waals surface area contributed by atoms with E-state index < -0.39 is 0 Å². The lowest BCUT2D eigenvalue weighted by atomic mass is 10.2. The molecular formula is C20H20ClN3O2S. The lowest BCUT2D eigenvalue weighted by Gasteiger charge is -2.04. The van der Waals surface area contributed by atoms with Crippen molar-refractivity contribution < 1.29 is 9.32 Å². The molecule has 0 saturated carbocycles. The van der Waals surface area contributed by atoms with E-state index >= 15 is 0 Å². The van der Waals surface area contributed by atoms with E-state index in [0.717, 1.165) is 17.1 Å². The van der Waals surface area contributed by atoms with Crippen molar-refractivity contribution in [3.8, 4) is 11.4 Å². The zero-order chi connectivity index (χ0) is 18.9. The van der Waals surface area contributed by atoms with Crippen LogP contribution in [0.4, 0.5) is 0 Å². The van der Waals surface area contributed by atoms with Gasteiger partial charge in [0.15, 0.2) is 0 Å². The largest absolute Gasteiger partial charge is 0.355 e. The third-order valence-corrected chi connectivity index (χ3v) is 5.10. The number of halogens is 1. The topological polar surface area (TPSA) is 68.0 Å². The molecule has 27 heavy (non-hydrogen) atoms.